The average molecular weight is 539 g/mol. The molecule has 0 aliphatic carbocycles. The largest absolute Gasteiger partial charge is 0.495 e. The highest BCUT2D eigenvalue weighted by Gasteiger charge is 2.42. The van der Waals surface area contributed by atoms with Crippen molar-refractivity contribution < 1.29 is 22.7 Å². The molecule has 12 heteroatoms. The van der Waals surface area contributed by atoms with Crippen LogP contribution in [0.3, 0.4) is 0 Å². The first-order valence-corrected chi connectivity index (χ1v) is 14.4. The van der Waals surface area contributed by atoms with Crippen molar-refractivity contribution in [2.24, 2.45) is 0 Å². The van der Waals surface area contributed by atoms with Gasteiger partial charge in [0.25, 0.3) is 10.0 Å². The minimum atomic E-state index is -3.75. The van der Waals surface area contributed by atoms with E-state index in [2.05, 4.69) is 4.90 Å². The van der Waals surface area contributed by atoms with E-state index in [9.17, 15) is 13.2 Å². The van der Waals surface area contributed by atoms with Crippen LogP contribution in [-0.2, 0) is 14.8 Å². The van der Waals surface area contributed by atoms with E-state index >= 15 is 0 Å². The molecule has 190 valence electrons. The van der Waals surface area contributed by atoms with E-state index in [1.807, 2.05) is 20.2 Å². The molecule has 35 heavy (non-hydrogen) atoms. The van der Waals surface area contributed by atoms with Gasteiger partial charge in [-0.15, -0.1) is 11.3 Å². The average Bonchev–Trinajstić information content (AvgIpc) is 3.61. The number of thiophene rings is 1. The summed E-state index contributed by atoms with van der Waals surface area (Å²) >= 11 is 2.51. The molecular formula is C23H30N4O5S3. The predicted octanol–water partition coefficient (Wildman–Crippen LogP) is 3.51. The number of carbonyl (C=O) groups excluding carboxylic acids is 1. The van der Waals surface area contributed by atoms with Crippen molar-refractivity contribution in [3.05, 3.63) is 29.6 Å². The maximum Gasteiger partial charge on any atom is 0.253 e. The Kier molecular flexibility index (Phi) is 7.96. The molecule has 1 amide bonds. The number of anilines is 1. The fourth-order valence-electron chi connectivity index (χ4n) is 4.22. The van der Waals surface area contributed by atoms with Crippen LogP contribution < -0.4 is 14.4 Å². The van der Waals surface area contributed by atoms with Crippen molar-refractivity contribution in [2.45, 2.75) is 29.5 Å². The summed E-state index contributed by atoms with van der Waals surface area (Å²) in [5, 5.41) is 2.24. The minimum absolute atomic E-state index is 0.252. The Labute approximate surface area is 213 Å². The summed E-state index contributed by atoms with van der Waals surface area (Å²) in [5.74, 6) is 0.984. The molecule has 4 rings (SSSR count). The minimum Gasteiger partial charge on any atom is -0.495 e. The van der Waals surface area contributed by atoms with Crippen molar-refractivity contribution >= 4 is 54.0 Å². The van der Waals surface area contributed by atoms with Gasteiger partial charge in [0.1, 0.15) is 32.0 Å². The van der Waals surface area contributed by atoms with E-state index in [4.69, 9.17) is 14.5 Å². The number of methoxy groups -OCH3 is 2. The summed E-state index contributed by atoms with van der Waals surface area (Å²) < 4.78 is 40.0. The smallest absolute Gasteiger partial charge is 0.253 e. The Morgan fingerprint density at radius 3 is 2.57 bits per heavy atom. The van der Waals surface area contributed by atoms with Crippen LogP contribution in [0.15, 0.2) is 33.9 Å². The SMILES string of the molecule is COc1ccc(OC)c2sc(N(CCCN(C)C)C(=O)C3CCCN3S(=O)(=O)c3cccs3)nc12. The molecule has 2 aromatic heterocycles. The van der Waals surface area contributed by atoms with Gasteiger partial charge in [0.05, 0.1) is 14.2 Å². The molecule has 9 nitrogen and oxygen atoms in total. The first-order valence-electron chi connectivity index (χ1n) is 11.3. The third kappa shape index (κ3) is 5.17. The summed E-state index contributed by atoms with van der Waals surface area (Å²) in [6, 6.07) is 6.13. The second-order valence-electron chi connectivity index (χ2n) is 8.50. The number of ether oxygens (including phenoxy) is 2. The van der Waals surface area contributed by atoms with Gasteiger partial charge >= 0.3 is 0 Å². The van der Waals surface area contributed by atoms with Crippen LogP contribution in [0.1, 0.15) is 19.3 Å². The fourth-order valence-corrected chi connectivity index (χ4v) is 8.09. The highest BCUT2D eigenvalue weighted by Crippen LogP contribution is 2.41. The molecule has 3 heterocycles. The lowest BCUT2D eigenvalue weighted by Crippen LogP contribution is -2.48. The second-order valence-corrected chi connectivity index (χ2v) is 12.5. The van der Waals surface area contributed by atoms with Crippen LogP contribution in [0, 0.1) is 0 Å². The van der Waals surface area contributed by atoms with Crippen molar-refractivity contribution in [1.82, 2.24) is 14.2 Å². The Morgan fingerprint density at radius 1 is 1.17 bits per heavy atom. The van der Waals surface area contributed by atoms with E-state index in [1.165, 1.54) is 27.0 Å². The van der Waals surface area contributed by atoms with Crippen molar-refractivity contribution in [2.75, 3.05) is 52.8 Å². The number of rotatable bonds is 10. The summed E-state index contributed by atoms with van der Waals surface area (Å²) in [6.45, 7) is 1.53. The molecule has 1 saturated heterocycles. The molecule has 0 radical (unpaired) electrons. The highest BCUT2D eigenvalue weighted by molar-refractivity contribution is 7.91. The monoisotopic (exact) mass is 538 g/mol. The molecule has 0 N–H and O–H groups in total. The quantitative estimate of drug-likeness (QED) is 0.390. The number of benzene rings is 1. The summed E-state index contributed by atoms with van der Waals surface area (Å²) in [5.41, 5.74) is 0.617. The second kappa shape index (κ2) is 10.8. The van der Waals surface area contributed by atoms with Crippen LogP contribution in [0.25, 0.3) is 10.2 Å². The topological polar surface area (TPSA) is 92.3 Å². The summed E-state index contributed by atoms with van der Waals surface area (Å²) in [7, 11) is 3.38. The summed E-state index contributed by atoms with van der Waals surface area (Å²) in [4.78, 5) is 22.4. The molecule has 1 atom stereocenters. The van der Waals surface area contributed by atoms with E-state index in [0.717, 1.165) is 11.2 Å². The third-order valence-corrected chi connectivity index (χ3v) is 10.3. The molecule has 0 saturated carbocycles. The van der Waals surface area contributed by atoms with Gasteiger partial charge in [0.15, 0.2) is 5.13 Å². The fraction of sp³-hybridized carbons (Fsp3) is 0.478. The molecule has 1 aliphatic heterocycles. The van der Waals surface area contributed by atoms with Gasteiger partial charge in [-0.25, -0.2) is 13.4 Å². The highest BCUT2D eigenvalue weighted by atomic mass is 32.2. The van der Waals surface area contributed by atoms with Crippen LogP contribution in [0.2, 0.25) is 0 Å². The lowest BCUT2D eigenvalue weighted by atomic mass is 10.2. The lowest BCUT2D eigenvalue weighted by molar-refractivity contribution is -0.121. The first kappa shape index (κ1) is 25.8. The zero-order chi connectivity index (χ0) is 25.2. The number of thiazole rings is 1. The Hall–Kier alpha value is -2.25. The maximum absolute atomic E-state index is 13.9. The number of hydrogen-bond donors (Lipinski definition) is 0. The summed E-state index contributed by atoms with van der Waals surface area (Å²) in [6.07, 6.45) is 1.83. The molecular weight excluding hydrogens is 508 g/mol. The predicted molar refractivity (Wildman–Crippen MR) is 139 cm³/mol. The van der Waals surface area contributed by atoms with Crippen LogP contribution in [0.5, 0.6) is 11.5 Å². The van der Waals surface area contributed by atoms with Gasteiger partial charge in [-0.2, -0.15) is 4.31 Å². The van der Waals surface area contributed by atoms with Crippen LogP contribution in [-0.4, -0.2) is 82.5 Å². The molecule has 3 aromatic rings. The van der Waals surface area contributed by atoms with Gasteiger partial charge in [-0.05, 0) is 63.5 Å². The van der Waals surface area contributed by atoms with Gasteiger partial charge in [0.2, 0.25) is 5.91 Å². The molecule has 1 fully saturated rings. The van der Waals surface area contributed by atoms with E-state index in [1.54, 1.807) is 42.7 Å². The van der Waals surface area contributed by atoms with E-state index < -0.39 is 16.1 Å². The molecule has 1 aliphatic rings. The van der Waals surface area contributed by atoms with Crippen molar-refractivity contribution in [3.63, 3.8) is 0 Å². The Bertz CT molecular complexity index is 1230. The number of nitrogens with zero attached hydrogens (tertiary/aromatic N) is 4. The number of aromatic nitrogens is 1. The number of fused-ring (bicyclic) bond motifs is 1. The Morgan fingerprint density at radius 2 is 1.91 bits per heavy atom. The number of sulfonamides is 1. The van der Waals surface area contributed by atoms with Gasteiger partial charge in [-0.1, -0.05) is 17.4 Å². The lowest BCUT2D eigenvalue weighted by Gasteiger charge is -2.28. The van der Waals surface area contributed by atoms with Gasteiger partial charge in [-0.3, -0.25) is 9.69 Å². The van der Waals surface area contributed by atoms with Crippen LogP contribution >= 0.6 is 22.7 Å². The zero-order valence-corrected chi connectivity index (χ0v) is 22.7. The molecule has 1 unspecified atom stereocenters. The van der Waals surface area contributed by atoms with E-state index in [-0.39, 0.29) is 10.1 Å². The van der Waals surface area contributed by atoms with Crippen LogP contribution in [0.4, 0.5) is 5.13 Å². The maximum atomic E-state index is 13.9. The number of amides is 1. The Balaban J connectivity index is 1.72. The van der Waals surface area contributed by atoms with Crippen molar-refractivity contribution in [3.8, 4) is 11.5 Å². The molecule has 0 spiro atoms. The van der Waals surface area contributed by atoms with Crippen molar-refractivity contribution in [1.29, 1.82) is 0 Å². The normalized spacial score (nSPS) is 16.8. The molecule has 0 bridgehead atoms. The third-order valence-electron chi connectivity index (χ3n) is 5.93. The van der Waals surface area contributed by atoms with Gasteiger partial charge in [0, 0.05) is 13.1 Å². The van der Waals surface area contributed by atoms with E-state index in [0.29, 0.717) is 54.5 Å². The number of carbonyl (C=O) groups is 1. The zero-order valence-electron chi connectivity index (χ0n) is 20.3. The number of hydrogen-bond acceptors (Lipinski definition) is 9. The molecule has 1 aromatic carbocycles. The first-order chi connectivity index (χ1) is 16.8. The standard InChI is InChI=1S/C23H30N4O5S3/c1-25(2)12-7-13-26(23-24-20-17(31-3)10-11-18(32-4)21(20)34-23)22(28)16-8-5-14-27(16)35(29,30)19-9-6-15-33-19/h6,9-11,15-16H,5,7-8,12-14H2,1-4H3. The van der Waals surface area contributed by atoms with Gasteiger partial charge < -0.3 is 14.4 Å².